The van der Waals surface area contributed by atoms with Gasteiger partial charge in [-0.05, 0) is 24.5 Å². The number of benzene rings is 1. The van der Waals surface area contributed by atoms with E-state index in [4.69, 9.17) is 12.6 Å². The van der Waals surface area contributed by atoms with E-state index in [0.717, 1.165) is 23.8 Å². The van der Waals surface area contributed by atoms with Crippen LogP contribution in [0.4, 0.5) is 13.2 Å². The molecule has 22 heavy (non-hydrogen) atoms. The minimum absolute atomic E-state index is 0.463. The molecule has 1 heterocycles. The molecule has 0 fully saturated rings. The highest BCUT2D eigenvalue weighted by atomic mass is 80.0. The summed E-state index contributed by atoms with van der Waals surface area (Å²) < 4.78 is 65.7. The lowest BCUT2D eigenvalue weighted by atomic mass is 10.1. The van der Waals surface area contributed by atoms with Crippen molar-refractivity contribution in [3.05, 3.63) is 34.7 Å². The number of aryl methyl sites for hydroxylation is 2. The van der Waals surface area contributed by atoms with Gasteiger partial charge < -0.3 is 12.6 Å². The minimum atomic E-state index is -4.15. The second-order valence-electron chi connectivity index (χ2n) is 4.48. The molecule has 3 nitrogen and oxygen atoms in total. The molecule has 2 aromatic rings. The maximum atomic E-state index is 13.2. The highest BCUT2D eigenvalue weighted by Crippen LogP contribution is 2.51. The Labute approximate surface area is 134 Å². The molecule has 8 heteroatoms. The first-order chi connectivity index (χ1) is 10.2. The predicted molar refractivity (Wildman–Crippen MR) is 71.1 cm³/mol. The zero-order valence-electron chi connectivity index (χ0n) is 12.1. The molecule has 0 aliphatic rings. The molecule has 0 saturated carbocycles. The van der Waals surface area contributed by atoms with Gasteiger partial charge in [0.2, 0.25) is 14.8 Å². The molecule has 1 aromatic carbocycles. The van der Waals surface area contributed by atoms with E-state index in [2.05, 4.69) is 0 Å². The van der Waals surface area contributed by atoms with Crippen molar-refractivity contribution < 1.29 is 40.6 Å². The molecule has 0 radical (unpaired) electrons. The van der Waals surface area contributed by atoms with Crippen LogP contribution in [0.15, 0.2) is 24.3 Å². The average Bonchev–Trinajstić information content (AvgIpc) is 2.76. The summed E-state index contributed by atoms with van der Waals surface area (Å²) in [5.74, 6) is 0. The van der Waals surface area contributed by atoms with E-state index in [1.807, 2.05) is 19.9 Å². The van der Waals surface area contributed by atoms with Crippen LogP contribution in [0, 0.1) is 14.8 Å². The van der Waals surface area contributed by atoms with E-state index in [9.17, 15) is 13.2 Å². The van der Waals surface area contributed by atoms with E-state index in [1.165, 1.54) is 0 Å². The van der Waals surface area contributed by atoms with Gasteiger partial charge in [-0.1, -0.05) is 26.0 Å². The van der Waals surface area contributed by atoms with Gasteiger partial charge in [0.25, 0.3) is 0 Å². The molecule has 0 aliphatic heterocycles. The third-order valence-corrected chi connectivity index (χ3v) is 5.16. The lowest BCUT2D eigenvalue weighted by Crippen LogP contribution is -2.42. The molecular formula is C14H16BrF3O3S. The smallest absolute Gasteiger partial charge is 0.405 e. The van der Waals surface area contributed by atoms with Gasteiger partial charge in [0.1, 0.15) is 0 Å². The Hall–Kier alpha value is -0.670. The van der Waals surface area contributed by atoms with Crippen LogP contribution in [-0.2, 0) is 18.3 Å². The predicted octanol–water partition coefficient (Wildman–Crippen LogP) is 2.01. The number of hydrogen-bond acceptors (Lipinski definition) is 3. The van der Waals surface area contributed by atoms with Crippen molar-refractivity contribution in [3.8, 4) is 0 Å². The Balaban J connectivity index is 0.000000541. The molecule has 0 saturated heterocycles. The Morgan fingerprint density at radius 1 is 1.14 bits per heavy atom. The SMILES string of the molecule is CCCc1cc2c(CC)cccc2[s+]1C(F)(F)F.[O-][Br+2]([O-])[O-]. The molecular weight excluding hydrogens is 385 g/mol. The highest BCUT2D eigenvalue weighted by molar-refractivity contribution is 7.38. The van der Waals surface area contributed by atoms with Gasteiger partial charge in [-0.3, -0.25) is 0 Å². The quantitative estimate of drug-likeness (QED) is 0.739. The van der Waals surface area contributed by atoms with Crippen LogP contribution in [0.1, 0.15) is 30.7 Å². The molecule has 0 amide bonds. The van der Waals surface area contributed by atoms with Crippen molar-refractivity contribution in [1.82, 2.24) is 0 Å². The van der Waals surface area contributed by atoms with Crippen LogP contribution in [-0.4, -0.2) is 0 Å². The summed E-state index contributed by atoms with van der Waals surface area (Å²) in [7, 11) is -1.71. The van der Waals surface area contributed by atoms with Gasteiger partial charge in [-0.25, -0.2) is 0 Å². The molecule has 0 aliphatic carbocycles. The zero-order chi connectivity index (χ0) is 16.9. The summed E-state index contributed by atoms with van der Waals surface area (Å²) in [6, 6.07) is 7.06. The minimum Gasteiger partial charge on any atom is -0.405 e. The average molecular weight is 401 g/mol. The number of fused-ring (bicyclic) bond motifs is 1. The van der Waals surface area contributed by atoms with Gasteiger partial charge in [0.15, 0.2) is 9.58 Å². The Morgan fingerprint density at radius 2 is 1.73 bits per heavy atom. The third kappa shape index (κ3) is 4.92. The van der Waals surface area contributed by atoms with E-state index in [0.29, 0.717) is 16.0 Å². The zero-order valence-corrected chi connectivity index (χ0v) is 14.5. The number of thiophene rings is 1. The monoisotopic (exact) mass is 400 g/mol. The van der Waals surface area contributed by atoms with E-state index in [-0.39, 0.29) is 0 Å². The summed E-state index contributed by atoms with van der Waals surface area (Å²) >= 11 is -3.65. The van der Waals surface area contributed by atoms with Crippen molar-refractivity contribution in [2.24, 2.45) is 0 Å². The summed E-state index contributed by atoms with van der Waals surface area (Å²) in [5.41, 5.74) is -3.14. The number of rotatable bonds is 3. The topological polar surface area (TPSA) is 69.2 Å². The largest absolute Gasteiger partial charge is 0.600 e. The maximum absolute atomic E-state index is 13.2. The molecule has 1 aromatic heterocycles. The first-order valence-electron chi connectivity index (χ1n) is 6.58. The number of alkyl halides is 3. The van der Waals surface area contributed by atoms with Crippen molar-refractivity contribution in [3.63, 3.8) is 0 Å². The van der Waals surface area contributed by atoms with Crippen molar-refractivity contribution >= 4 is 20.6 Å². The standard InChI is InChI=1S/C14H16F3S.BrO3/c1-3-6-11-9-12-10(4-2)7-5-8-13(12)18(11)14(15,16)17;2-1(3)4/h5,7-9H,3-4,6H2,1-2H3;/q+1;-1. The van der Waals surface area contributed by atoms with Crippen molar-refractivity contribution in [2.45, 2.75) is 38.6 Å². The van der Waals surface area contributed by atoms with Crippen LogP contribution in [0.3, 0.4) is 0 Å². The van der Waals surface area contributed by atoms with Gasteiger partial charge in [0.05, 0.1) is 10.5 Å². The lowest BCUT2D eigenvalue weighted by molar-refractivity contribution is -1.73. The van der Waals surface area contributed by atoms with Crippen molar-refractivity contribution in [1.29, 1.82) is 0 Å². The molecule has 1 atom stereocenters. The van der Waals surface area contributed by atoms with Gasteiger partial charge in [-0.15, -0.1) is 13.2 Å². The van der Waals surface area contributed by atoms with E-state index >= 15 is 0 Å². The summed E-state index contributed by atoms with van der Waals surface area (Å²) in [6.07, 6.45) is 2.05. The third-order valence-electron chi connectivity index (χ3n) is 3.05. The normalized spacial score (nSPS) is 12.5. The Bertz CT molecular complexity index is 608. The lowest BCUT2D eigenvalue weighted by Gasteiger charge is -1.99. The van der Waals surface area contributed by atoms with Crippen LogP contribution in [0.5, 0.6) is 0 Å². The second-order valence-corrected chi connectivity index (χ2v) is 7.32. The Morgan fingerprint density at radius 3 is 2.18 bits per heavy atom. The van der Waals surface area contributed by atoms with Crippen LogP contribution in [0.2, 0.25) is 0 Å². The maximum Gasteiger partial charge on any atom is 0.600 e. The highest BCUT2D eigenvalue weighted by Gasteiger charge is 2.47. The fraction of sp³-hybridized carbons (Fsp3) is 0.429. The molecule has 2 rings (SSSR count). The first kappa shape index (κ1) is 19.4. The van der Waals surface area contributed by atoms with Crippen LogP contribution in [0.25, 0.3) is 10.1 Å². The number of hydrogen-bond donors (Lipinski definition) is 0. The van der Waals surface area contributed by atoms with Crippen LogP contribution < -0.4 is 12.6 Å². The number of halogens is 4. The molecule has 1 unspecified atom stereocenters. The molecule has 0 N–H and O–H groups in total. The van der Waals surface area contributed by atoms with Gasteiger partial charge in [-0.2, -0.15) is 0 Å². The van der Waals surface area contributed by atoms with Gasteiger partial charge in [0, 0.05) is 17.9 Å². The summed E-state index contributed by atoms with van der Waals surface area (Å²) in [6.45, 7) is 3.90. The van der Waals surface area contributed by atoms with Gasteiger partial charge >= 0.3 is 5.51 Å². The van der Waals surface area contributed by atoms with E-state index in [1.54, 1.807) is 18.2 Å². The second kappa shape index (κ2) is 8.26. The van der Waals surface area contributed by atoms with E-state index < -0.39 is 30.8 Å². The van der Waals surface area contributed by atoms with Crippen LogP contribution >= 0.6 is 10.5 Å². The molecule has 0 spiro atoms. The summed E-state index contributed by atoms with van der Waals surface area (Å²) in [5, 5.41) is 0.809. The molecule has 0 bridgehead atoms. The molecule has 124 valence electrons. The fourth-order valence-electron chi connectivity index (χ4n) is 2.29. The summed E-state index contributed by atoms with van der Waals surface area (Å²) in [4.78, 5) is 0.543. The first-order valence-corrected chi connectivity index (χ1v) is 9.75. The van der Waals surface area contributed by atoms with Crippen molar-refractivity contribution in [2.75, 3.05) is 0 Å². The Kier molecular flexibility index (Phi) is 7.27. The fourth-order valence-corrected chi connectivity index (χ4v) is 4.39.